The fourth-order valence-corrected chi connectivity index (χ4v) is 2.57. The Hall–Kier alpha value is -1.83. The molecule has 0 saturated heterocycles. The second kappa shape index (κ2) is 8.46. The maximum Gasteiger partial charge on any atom is 0.328 e. The molecule has 0 unspecified atom stereocenters. The van der Waals surface area contributed by atoms with Gasteiger partial charge >= 0.3 is 5.97 Å². The van der Waals surface area contributed by atoms with Crippen molar-refractivity contribution in [2.75, 3.05) is 0 Å². The van der Waals surface area contributed by atoms with E-state index in [1.807, 2.05) is 12.2 Å². The Labute approximate surface area is 128 Å². The van der Waals surface area contributed by atoms with E-state index in [1.165, 1.54) is 36.5 Å². The largest absolute Gasteiger partial charge is 0.478 e. The average Bonchev–Trinajstić information content (AvgIpc) is 2.37. The molecule has 1 atom stereocenters. The van der Waals surface area contributed by atoms with Crippen LogP contribution in [-0.2, 0) is 4.79 Å². The molecule has 0 fully saturated rings. The van der Waals surface area contributed by atoms with E-state index in [9.17, 15) is 4.79 Å². The first-order chi connectivity index (χ1) is 9.90. The third kappa shape index (κ3) is 6.44. The van der Waals surface area contributed by atoms with Crippen LogP contribution >= 0.6 is 0 Å². The van der Waals surface area contributed by atoms with Gasteiger partial charge in [0.15, 0.2) is 0 Å². The minimum atomic E-state index is -0.911. The van der Waals surface area contributed by atoms with Crippen LogP contribution in [0.3, 0.4) is 0 Å². The van der Waals surface area contributed by atoms with E-state index in [0.717, 1.165) is 11.1 Å². The van der Waals surface area contributed by atoms with E-state index in [4.69, 9.17) is 5.11 Å². The molecule has 1 aliphatic rings. The van der Waals surface area contributed by atoms with E-state index in [-0.39, 0.29) is 0 Å². The SMILES string of the molecule is CC1=C(/C=C/C(C)=C/C=C/C(C)=C/C(=O)O)[C@@H](C)CCC1. The van der Waals surface area contributed by atoms with Crippen molar-refractivity contribution < 1.29 is 9.90 Å². The third-order valence-electron chi connectivity index (χ3n) is 3.81. The molecule has 0 amide bonds. The van der Waals surface area contributed by atoms with Crippen LogP contribution in [-0.4, -0.2) is 11.1 Å². The smallest absolute Gasteiger partial charge is 0.328 e. The third-order valence-corrected chi connectivity index (χ3v) is 3.81. The molecule has 0 heterocycles. The molecule has 0 aromatic heterocycles. The quantitative estimate of drug-likeness (QED) is 0.556. The molecule has 1 N–H and O–H groups in total. The van der Waals surface area contributed by atoms with Crippen LogP contribution in [0.2, 0.25) is 0 Å². The summed E-state index contributed by atoms with van der Waals surface area (Å²) in [4.78, 5) is 10.5. The first-order valence-corrected chi connectivity index (χ1v) is 7.54. The summed E-state index contributed by atoms with van der Waals surface area (Å²) in [6.07, 6.45) is 15.1. The van der Waals surface area contributed by atoms with Gasteiger partial charge in [0.25, 0.3) is 0 Å². The molecule has 0 aliphatic heterocycles. The highest BCUT2D eigenvalue weighted by Crippen LogP contribution is 2.30. The normalized spacial score (nSPS) is 21.6. The standard InChI is InChI=1S/C19H26O2/c1-14(7-5-8-15(2)13-19(20)21)11-12-18-16(3)9-6-10-17(18)4/h5,7-8,11-13,16H,6,9-10H2,1-4H3,(H,20,21)/b8-5+,12-11+,14-7+,15-13+/t16-/m0/s1. The van der Waals surface area contributed by atoms with E-state index in [0.29, 0.717) is 5.92 Å². The maximum absolute atomic E-state index is 10.5. The van der Waals surface area contributed by atoms with Crippen molar-refractivity contribution >= 4 is 5.97 Å². The van der Waals surface area contributed by atoms with Gasteiger partial charge in [-0.15, -0.1) is 0 Å². The number of carboxylic acids is 1. The molecule has 0 radical (unpaired) electrons. The summed E-state index contributed by atoms with van der Waals surface area (Å²) >= 11 is 0. The highest BCUT2D eigenvalue weighted by molar-refractivity contribution is 5.81. The van der Waals surface area contributed by atoms with E-state index < -0.39 is 5.97 Å². The Balaban J connectivity index is 2.70. The monoisotopic (exact) mass is 286 g/mol. The number of carboxylic acid groups (broad SMARTS) is 1. The molecular weight excluding hydrogens is 260 g/mol. The molecule has 0 aromatic carbocycles. The molecule has 0 aromatic rings. The van der Waals surface area contributed by atoms with Crippen molar-refractivity contribution in [2.24, 2.45) is 5.92 Å². The molecule has 21 heavy (non-hydrogen) atoms. The predicted octanol–water partition coefficient (Wildman–Crippen LogP) is 5.21. The number of hydrogen-bond acceptors (Lipinski definition) is 1. The lowest BCUT2D eigenvalue weighted by molar-refractivity contribution is -0.131. The van der Waals surface area contributed by atoms with Gasteiger partial charge in [-0.1, -0.05) is 48.5 Å². The fraction of sp³-hybridized carbons (Fsp3) is 0.421. The van der Waals surface area contributed by atoms with E-state index in [1.54, 1.807) is 13.0 Å². The number of allylic oxidation sites excluding steroid dienone is 9. The number of hydrogen-bond donors (Lipinski definition) is 1. The van der Waals surface area contributed by atoms with Gasteiger partial charge in [0.1, 0.15) is 0 Å². The zero-order valence-corrected chi connectivity index (χ0v) is 13.5. The Morgan fingerprint density at radius 3 is 2.57 bits per heavy atom. The zero-order valence-electron chi connectivity index (χ0n) is 13.5. The van der Waals surface area contributed by atoms with Gasteiger partial charge in [-0.25, -0.2) is 4.79 Å². The second-order valence-electron chi connectivity index (χ2n) is 5.86. The van der Waals surface area contributed by atoms with Crippen LogP contribution in [0.15, 0.2) is 58.7 Å². The highest BCUT2D eigenvalue weighted by Gasteiger charge is 2.14. The molecule has 2 heteroatoms. The van der Waals surface area contributed by atoms with Gasteiger partial charge in [0, 0.05) is 6.08 Å². The Morgan fingerprint density at radius 1 is 1.24 bits per heavy atom. The molecule has 1 aliphatic carbocycles. The molecule has 1 rings (SSSR count). The summed E-state index contributed by atoms with van der Waals surface area (Å²) in [5.74, 6) is -0.259. The van der Waals surface area contributed by atoms with Crippen molar-refractivity contribution in [2.45, 2.75) is 47.0 Å². The summed E-state index contributed by atoms with van der Waals surface area (Å²) in [6.45, 7) is 8.36. The Bertz CT molecular complexity index is 528. The first-order valence-electron chi connectivity index (χ1n) is 7.54. The lowest BCUT2D eigenvalue weighted by Crippen LogP contribution is -2.06. The minimum absolute atomic E-state index is 0.652. The minimum Gasteiger partial charge on any atom is -0.478 e. The maximum atomic E-state index is 10.5. The summed E-state index contributed by atoms with van der Waals surface area (Å²) in [5.41, 5.74) is 4.87. The number of rotatable bonds is 5. The summed E-state index contributed by atoms with van der Waals surface area (Å²) in [6, 6.07) is 0. The van der Waals surface area contributed by atoms with Gasteiger partial charge in [-0.2, -0.15) is 0 Å². The zero-order chi connectivity index (χ0) is 15.8. The highest BCUT2D eigenvalue weighted by atomic mass is 16.4. The van der Waals surface area contributed by atoms with Crippen molar-refractivity contribution in [3.8, 4) is 0 Å². The number of carbonyl (C=O) groups is 1. The van der Waals surface area contributed by atoms with E-state index >= 15 is 0 Å². The Kier molecular flexibility index (Phi) is 6.93. The lowest BCUT2D eigenvalue weighted by atomic mass is 9.84. The van der Waals surface area contributed by atoms with Gasteiger partial charge in [-0.05, 0) is 57.1 Å². The van der Waals surface area contributed by atoms with Gasteiger partial charge in [0.05, 0.1) is 0 Å². The first kappa shape index (κ1) is 17.2. The molecule has 2 nitrogen and oxygen atoms in total. The Morgan fingerprint density at radius 2 is 1.95 bits per heavy atom. The summed E-state index contributed by atoms with van der Waals surface area (Å²) in [5, 5.41) is 8.63. The molecule has 114 valence electrons. The molecular formula is C19H26O2. The second-order valence-corrected chi connectivity index (χ2v) is 5.86. The van der Waals surface area contributed by atoms with Crippen molar-refractivity contribution in [3.63, 3.8) is 0 Å². The van der Waals surface area contributed by atoms with Crippen LogP contribution in [0.5, 0.6) is 0 Å². The van der Waals surface area contributed by atoms with Crippen LogP contribution in [0.25, 0.3) is 0 Å². The van der Waals surface area contributed by atoms with Gasteiger partial charge in [0.2, 0.25) is 0 Å². The summed E-state index contributed by atoms with van der Waals surface area (Å²) < 4.78 is 0. The van der Waals surface area contributed by atoms with Crippen LogP contribution in [0.4, 0.5) is 0 Å². The molecule has 0 spiro atoms. The van der Waals surface area contributed by atoms with Crippen LogP contribution in [0, 0.1) is 5.92 Å². The van der Waals surface area contributed by atoms with Crippen molar-refractivity contribution in [1.82, 2.24) is 0 Å². The van der Waals surface area contributed by atoms with Crippen molar-refractivity contribution in [3.05, 3.63) is 58.7 Å². The molecule has 0 saturated carbocycles. The topological polar surface area (TPSA) is 37.3 Å². The average molecular weight is 286 g/mol. The lowest BCUT2D eigenvalue weighted by Gasteiger charge is -2.22. The van der Waals surface area contributed by atoms with Crippen LogP contribution in [0.1, 0.15) is 47.0 Å². The number of aliphatic carboxylic acids is 1. The van der Waals surface area contributed by atoms with Gasteiger partial charge in [-0.3, -0.25) is 0 Å². The van der Waals surface area contributed by atoms with Crippen molar-refractivity contribution in [1.29, 1.82) is 0 Å². The molecule has 0 bridgehead atoms. The van der Waals surface area contributed by atoms with Crippen LogP contribution < -0.4 is 0 Å². The fourth-order valence-electron chi connectivity index (χ4n) is 2.57. The predicted molar refractivity (Wildman–Crippen MR) is 89.1 cm³/mol. The van der Waals surface area contributed by atoms with E-state index in [2.05, 4.69) is 32.9 Å². The summed E-state index contributed by atoms with van der Waals surface area (Å²) in [7, 11) is 0. The van der Waals surface area contributed by atoms with Gasteiger partial charge < -0.3 is 5.11 Å².